The van der Waals surface area contributed by atoms with E-state index in [-0.39, 0.29) is 0 Å². The van der Waals surface area contributed by atoms with Gasteiger partial charge in [-0.15, -0.1) is 0 Å². The summed E-state index contributed by atoms with van der Waals surface area (Å²) in [4.78, 5) is 0. The Hall–Kier alpha value is -0.752. The number of para-hydroxylation sites is 1. The molecule has 0 bridgehead atoms. The second-order valence-corrected chi connectivity index (χ2v) is 2.25. The summed E-state index contributed by atoms with van der Waals surface area (Å²) >= 11 is 0.700. The average molecular weight is 244 g/mol. The first-order valence-electron chi connectivity index (χ1n) is 3.52. The van der Waals surface area contributed by atoms with Crippen molar-refractivity contribution in [3.63, 3.8) is 0 Å². The molecule has 0 saturated heterocycles. The van der Waals surface area contributed by atoms with Crippen LogP contribution in [0.4, 0.5) is 0 Å². The van der Waals surface area contributed by atoms with Gasteiger partial charge in [-0.1, -0.05) is 24.3 Å². The van der Waals surface area contributed by atoms with Crippen LogP contribution in [0.2, 0.25) is 0 Å². The molecule has 12 heavy (non-hydrogen) atoms. The standard InChI is InChI=1S/C9H8O.Mo.O/c1-2-6-9-8(4-1)5-3-7-10-9;;/h1-6H,7H2;;. The van der Waals surface area contributed by atoms with Crippen LogP contribution in [-0.4, -0.2) is 6.61 Å². The van der Waals surface area contributed by atoms with E-state index >= 15 is 0 Å². The van der Waals surface area contributed by atoms with Gasteiger partial charge in [0, 0.05) is 5.56 Å². The van der Waals surface area contributed by atoms with Gasteiger partial charge in [-0.3, -0.25) is 0 Å². The molecule has 0 fully saturated rings. The van der Waals surface area contributed by atoms with Gasteiger partial charge >= 0.3 is 23.2 Å². The van der Waals surface area contributed by atoms with Crippen molar-refractivity contribution in [3.8, 4) is 5.75 Å². The normalized spacial score (nSPS) is 12.0. The summed E-state index contributed by atoms with van der Waals surface area (Å²) in [5, 5.41) is 0. The summed E-state index contributed by atoms with van der Waals surface area (Å²) in [6, 6.07) is 8.03. The summed E-state index contributed by atoms with van der Waals surface area (Å²) in [7, 11) is 0. The fourth-order valence-corrected chi connectivity index (χ4v) is 1.06. The van der Waals surface area contributed by atoms with Gasteiger partial charge in [-0.2, -0.15) is 0 Å². The molecule has 2 rings (SSSR count). The van der Waals surface area contributed by atoms with Crippen LogP contribution in [0.3, 0.4) is 0 Å². The minimum absolute atomic E-state index is 0.700. The van der Waals surface area contributed by atoms with Crippen LogP contribution in [0, 0.1) is 0 Å². The first-order chi connectivity index (χ1) is 5.97. The Kier molecular flexibility index (Phi) is 3.89. The Bertz CT molecular complexity index is 284. The van der Waals surface area contributed by atoms with Crippen LogP contribution < -0.4 is 4.74 Å². The zero-order valence-corrected chi connectivity index (χ0v) is 8.40. The maximum atomic E-state index is 8.26. The van der Waals surface area contributed by atoms with Crippen LogP contribution in [0.15, 0.2) is 30.3 Å². The van der Waals surface area contributed by atoms with Gasteiger partial charge in [0.2, 0.25) is 0 Å². The zero-order valence-electron chi connectivity index (χ0n) is 6.40. The number of benzene rings is 1. The first kappa shape index (κ1) is 9.34. The Morgan fingerprint density at radius 2 is 2.00 bits per heavy atom. The molecule has 62 valence electrons. The van der Waals surface area contributed by atoms with Crippen LogP contribution in [0.25, 0.3) is 6.08 Å². The van der Waals surface area contributed by atoms with Gasteiger partial charge in [0.15, 0.2) is 0 Å². The molecular formula is C9H8MoO2. The van der Waals surface area contributed by atoms with E-state index in [1.165, 1.54) is 5.56 Å². The topological polar surface area (TPSA) is 26.3 Å². The summed E-state index contributed by atoms with van der Waals surface area (Å²) in [6.07, 6.45) is 4.10. The molecule has 1 aromatic rings. The van der Waals surface area contributed by atoms with Gasteiger partial charge < -0.3 is 4.74 Å². The summed E-state index contributed by atoms with van der Waals surface area (Å²) in [5.74, 6) is 0.991. The first-order valence-corrected chi connectivity index (χ1v) is 4.34. The molecule has 1 aliphatic rings. The van der Waals surface area contributed by atoms with Crippen molar-refractivity contribution in [2.45, 2.75) is 0 Å². The van der Waals surface area contributed by atoms with E-state index in [9.17, 15) is 0 Å². The van der Waals surface area contributed by atoms with Crippen LogP contribution >= 0.6 is 0 Å². The van der Waals surface area contributed by atoms with Gasteiger partial charge in [0.05, 0.1) is 0 Å². The molecule has 0 aliphatic carbocycles. The molecule has 0 N–H and O–H groups in total. The van der Waals surface area contributed by atoms with Crippen LogP contribution in [-0.2, 0) is 23.2 Å². The van der Waals surface area contributed by atoms with E-state index in [1.54, 1.807) is 0 Å². The Balaban J connectivity index is 0.000000336. The van der Waals surface area contributed by atoms with Crippen molar-refractivity contribution in [2.75, 3.05) is 6.61 Å². The minimum atomic E-state index is 0.700. The monoisotopic (exact) mass is 246 g/mol. The summed E-state index contributed by atoms with van der Waals surface area (Å²) < 4.78 is 13.6. The van der Waals surface area contributed by atoms with E-state index in [2.05, 4.69) is 6.08 Å². The number of ether oxygens (including phenoxy) is 1. The third-order valence-electron chi connectivity index (χ3n) is 1.55. The number of fused-ring (bicyclic) bond motifs is 1. The van der Waals surface area contributed by atoms with Gasteiger partial charge in [0.1, 0.15) is 12.4 Å². The van der Waals surface area contributed by atoms with Crippen molar-refractivity contribution >= 4 is 6.08 Å². The van der Waals surface area contributed by atoms with Crippen molar-refractivity contribution in [1.29, 1.82) is 0 Å². The fraction of sp³-hybridized carbons (Fsp3) is 0.111. The number of hydrogen-bond acceptors (Lipinski definition) is 2. The van der Waals surface area contributed by atoms with Crippen LogP contribution in [0.1, 0.15) is 5.56 Å². The maximum absolute atomic E-state index is 8.26. The molecule has 0 saturated carbocycles. The molecule has 0 radical (unpaired) electrons. The van der Waals surface area contributed by atoms with Crippen molar-refractivity contribution in [1.82, 2.24) is 0 Å². The van der Waals surface area contributed by atoms with Crippen molar-refractivity contribution in [2.24, 2.45) is 0 Å². The fourth-order valence-electron chi connectivity index (χ4n) is 1.06. The number of hydrogen-bond donors (Lipinski definition) is 0. The molecule has 0 atom stereocenters. The van der Waals surface area contributed by atoms with Crippen molar-refractivity contribution in [3.05, 3.63) is 35.9 Å². The van der Waals surface area contributed by atoms with Crippen LogP contribution in [0.5, 0.6) is 5.75 Å². The van der Waals surface area contributed by atoms with Crippen molar-refractivity contribution < 1.29 is 27.9 Å². The molecule has 1 aliphatic heterocycles. The predicted molar refractivity (Wildman–Crippen MR) is 41.7 cm³/mol. The molecule has 0 aromatic heterocycles. The molecule has 1 aromatic carbocycles. The molecule has 0 unspecified atom stereocenters. The quantitative estimate of drug-likeness (QED) is 0.652. The number of rotatable bonds is 0. The Morgan fingerprint density at radius 1 is 1.25 bits per heavy atom. The third kappa shape index (κ3) is 2.11. The van der Waals surface area contributed by atoms with Gasteiger partial charge in [-0.25, -0.2) is 0 Å². The van der Waals surface area contributed by atoms with E-state index < -0.39 is 0 Å². The summed E-state index contributed by atoms with van der Waals surface area (Å²) in [5.41, 5.74) is 1.17. The van der Waals surface area contributed by atoms with E-state index in [0.29, 0.717) is 26.4 Å². The SMILES string of the molecule is C1=Cc2ccccc2OC1.[O]=[Mo]. The molecule has 1 heterocycles. The molecule has 0 amide bonds. The third-order valence-corrected chi connectivity index (χ3v) is 1.55. The Morgan fingerprint density at radius 3 is 2.75 bits per heavy atom. The molecule has 0 spiro atoms. The van der Waals surface area contributed by atoms with Gasteiger partial charge in [0.25, 0.3) is 0 Å². The van der Waals surface area contributed by atoms with E-state index in [0.717, 1.165) is 5.75 Å². The molecular weight excluding hydrogens is 236 g/mol. The van der Waals surface area contributed by atoms with E-state index in [1.807, 2.05) is 30.3 Å². The average Bonchev–Trinajstić information content (AvgIpc) is 2.21. The van der Waals surface area contributed by atoms with E-state index in [4.69, 9.17) is 8.13 Å². The Labute approximate surface area is 82.4 Å². The predicted octanol–water partition coefficient (Wildman–Crippen LogP) is 1.97. The van der Waals surface area contributed by atoms with Gasteiger partial charge in [-0.05, 0) is 12.1 Å². The summed E-state index contributed by atoms with van der Waals surface area (Å²) in [6.45, 7) is 0.705. The second-order valence-electron chi connectivity index (χ2n) is 2.25. The second kappa shape index (κ2) is 4.99. The zero-order chi connectivity index (χ0) is 8.81. The molecule has 2 nitrogen and oxygen atoms in total. The molecule has 3 heteroatoms.